The molecule has 1 amide bonds. The Bertz CT molecular complexity index is 346. The van der Waals surface area contributed by atoms with Crippen molar-refractivity contribution in [3.8, 4) is 0 Å². The van der Waals surface area contributed by atoms with Crippen LogP contribution in [0.15, 0.2) is 17.5 Å². The molecular weight excluding hydrogens is 286 g/mol. The second-order valence-corrected chi connectivity index (χ2v) is 6.79. The average Bonchev–Trinajstić information content (AvgIpc) is 2.68. The molecule has 1 fully saturated rings. The summed E-state index contributed by atoms with van der Waals surface area (Å²) in [6, 6.07) is 4.02. The summed E-state index contributed by atoms with van der Waals surface area (Å²) in [4.78, 5) is 15.6. The monoisotopic (exact) mass is 301 g/mol. The zero-order valence-corrected chi connectivity index (χ0v) is 11.8. The van der Waals surface area contributed by atoms with E-state index in [-0.39, 0.29) is 5.91 Å². The number of rotatable bonds is 4. The van der Waals surface area contributed by atoms with E-state index in [1.54, 1.807) is 11.3 Å². The molecule has 0 unspecified atom stereocenters. The van der Waals surface area contributed by atoms with Crippen LogP contribution in [0, 0.1) is 5.92 Å². The summed E-state index contributed by atoms with van der Waals surface area (Å²) in [6.45, 7) is 0.909. The molecule has 2 nitrogen and oxygen atoms in total. The Balaban J connectivity index is 1.76. The van der Waals surface area contributed by atoms with E-state index in [0.717, 1.165) is 11.4 Å². The summed E-state index contributed by atoms with van der Waals surface area (Å²) in [7, 11) is 1.91. The Hall–Kier alpha value is -0.350. The van der Waals surface area contributed by atoms with Gasteiger partial charge in [0.25, 0.3) is 0 Å². The summed E-state index contributed by atoms with van der Waals surface area (Å²) in [5, 5.41) is 2.02. The number of amides is 1. The van der Waals surface area contributed by atoms with Crippen molar-refractivity contribution in [2.45, 2.75) is 24.1 Å². The van der Waals surface area contributed by atoms with Gasteiger partial charge in [0.1, 0.15) is 0 Å². The highest BCUT2D eigenvalue weighted by Crippen LogP contribution is 2.33. The van der Waals surface area contributed by atoms with E-state index in [2.05, 4.69) is 15.9 Å². The first-order valence-electron chi connectivity index (χ1n) is 5.55. The molecule has 1 aliphatic rings. The van der Waals surface area contributed by atoms with Crippen LogP contribution in [-0.4, -0.2) is 29.2 Å². The summed E-state index contributed by atoms with van der Waals surface area (Å²) >= 11 is 5.23. The van der Waals surface area contributed by atoms with Crippen LogP contribution in [0.1, 0.15) is 17.7 Å². The van der Waals surface area contributed by atoms with Gasteiger partial charge in [0, 0.05) is 23.3 Å². The Morgan fingerprint density at radius 1 is 1.62 bits per heavy atom. The van der Waals surface area contributed by atoms with Gasteiger partial charge in [-0.3, -0.25) is 4.79 Å². The van der Waals surface area contributed by atoms with Gasteiger partial charge in [0.15, 0.2) is 0 Å². The predicted octanol–water partition coefficient (Wildman–Crippen LogP) is 2.92. The predicted molar refractivity (Wildman–Crippen MR) is 71.1 cm³/mol. The summed E-state index contributed by atoms with van der Waals surface area (Å²) < 4.78 is 0. The number of likely N-dealkylation sites (N-methyl/N-ethyl adjacent to an activating group) is 1. The van der Waals surface area contributed by atoms with Crippen molar-refractivity contribution in [1.82, 2.24) is 4.90 Å². The topological polar surface area (TPSA) is 20.3 Å². The first kappa shape index (κ1) is 12.1. The largest absolute Gasteiger partial charge is 0.345 e. The normalized spacial score (nSPS) is 23.9. The van der Waals surface area contributed by atoms with Crippen LogP contribution in [0.5, 0.6) is 0 Å². The smallest absolute Gasteiger partial charge is 0.227 e. The van der Waals surface area contributed by atoms with Crippen LogP contribution in [-0.2, 0) is 11.2 Å². The Labute approximate surface area is 109 Å². The lowest BCUT2D eigenvalue weighted by Gasteiger charge is -2.34. The third-order valence-corrected chi connectivity index (χ3v) is 4.67. The van der Waals surface area contributed by atoms with Crippen LogP contribution < -0.4 is 0 Å². The second kappa shape index (κ2) is 5.32. The molecule has 1 aliphatic carbocycles. The van der Waals surface area contributed by atoms with Crippen LogP contribution >= 0.6 is 27.3 Å². The minimum absolute atomic E-state index is 0.237. The van der Waals surface area contributed by atoms with Gasteiger partial charge in [-0.05, 0) is 30.2 Å². The SMILES string of the molecule is CN(CC1CC(Br)C1)C(=O)Cc1cccs1. The minimum Gasteiger partial charge on any atom is -0.345 e. The molecule has 0 atom stereocenters. The molecule has 0 aromatic carbocycles. The Morgan fingerprint density at radius 3 is 2.94 bits per heavy atom. The van der Waals surface area contributed by atoms with E-state index in [1.807, 2.05) is 29.5 Å². The van der Waals surface area contributed by atoms with Gasteiger partial charge < -0.3 is 4.90 Å². The maximum atomic E-state index is 11.9. The van der Waals surface area contributed by atoms with Gasteiger partial charge in [-0.25, -0.2) is 0 Å². The van der Waals surface area contributed by atoms with Gasteiger partial charge in [-0.15, -0.1) is 11.3 Å². The third-order valence-electron chi connectivity index (χ3n) is 3.04. The summed E-state index contributed by atoms with van der Waals surface area (Å²) in [5.74, 6) is 0.933. The molecule has 16 heavy (non-hydrogen) atoms. The first-order valence-corrected chi connectivity index (χ1v) is 7.35. The fourth-order valence-corrected chi connectivity index (χ4v) is 3.74. The number of thiophene rings is 1. The zero-order valence-electron chi connectivity index (χ0n) is 9.36. The molecule has 4 heteroatoms. The van der Waals surface area contributed by atoms with E-state index in [4.69, 9.17) is 0 Å². The highest BCUT2D eigenvalue weighted by molar-refractivity contribution is 9.09. The number of halogens is 1. The number of nitrogens with zero attached hydrogens (tertiary/aromatic N) is 1. The number of alkyl halides is 1. The lowest BCUT2D eigenvalue weighted by molar-refractivity contribution is -0.130. The van der Waals surface area contributed by atoms with E-state index < -0.39 is 0 Å². The molecule has 1 heterocycles. The van der Waals surface area contributed by atoms with Gasteiger partial charge in [0.05, 0.1) is 6.42 Å². The molecule has 1 aromatic rings. The molecule has 0 N–H and O–H groups in total. The Morgan fingerprint density at radius 2 is 2.38 bits per heavy atom. The molecule has 0 aliphatic heterocycles. The molecule has 0 radical (unpaired) electrons. The maximum Gasteiger partial charge on any atom is 0.227 e. The van der Waals surface area contributed by atoms with E-state index in [1.165, 1.54) is 12.8 Å². The molecule has 0 bridgehead atoms. The average molecular weight is 302 g/mol. The van der Waals surface area contributed by atoms with Crippen LogP contribution in [0.2, 0.25) is 0 Å². The summed E-state index contributed by atoms with van der Waals surface area (Å²) in [5.41, 5.74) is 0. The van der Waals surface area contributed by atoms with Crippen molar-refractivity contribution in [1.29, 1.82) is 0 Å². The van der Waals surface area contributed by atoms with Crippen molar-refractivity contribution in [3.63, 3.8) is 0 Å². The number of carbonyl (C=O) groups excluding carboxylic acids is 1. The minimum atomic E-state index is 0.237. The van der Waals surface area contributed by atoms with Crippen LogP contribution in [0.25, 0.3) is 0 Å². The van der Waals surface area contributed by atoms with Gasteiger partial charge in [-0.2, -0.15) is 0 Å². The van der Waals surface area contributed by atoms with Crippen molar-refractivity contribution in [2.75, 3.05) is 13.6 Å². The molecular formula is C12H16BrNOS. The fraction of sp³-hybridized carbons (Fsp3) is 0.583. The number of hydrogen-bond acceptors (Lipinski definition) is 2. The lowest BCUT2D eigenvalue weighted by Crippen LogP contribution is -2.38. The second-order valence-electron chi connectivity index (χ2n) is 4.47. The summed E-state index contributed by atoms with van der Waals surface area (Å²) in [6.07, 6.45) is 2.96. The lowest BCUT2D eigenvalue weighted by atomic mass is 9.85. The van der Waals surface area contributed by atoms with Crippen LogP contribution in [0.4, 0.5) is 0 Å². The Kier molecular flexibility index (Phi) is 4.03. The van der Waals surface area contributed by atoms with E-state index in [0.29, 0.717) is 17.2 Å². The van der Waals surface area contributed by atoms with Crippen molar-refractivity contribution in [3.05, 3.63) is 22.4 Å². The van der Waals surface area contributed by atoms with Crippen molar-refractivity contribution >= 4 is 33.2 Å². The molecule has 0 saturated heterocycles. The highest BCUT2D eigenvalue weighted by Gasteiger charge is 2.28. The van der Waals surface area contributed by atoms with Crippen molar-refractivity contribution < 1.29 is 4.79 Å². The number of hydrogen-bond donors (Lipinski definition) is 0. The molecule has 0 spiro atoms. The standard InChI is InChI=1S/C12H16BrNOS/c1-14(8-9-5-10(13)6-9)12(15)7-11-3-2-4-16-11/h2-4,9-10H,5-8H2,1H3. The van der Waals surface area contributed by atoms with Crippen molar-refractivity contribution in [2.24, 2.45) is 5.92 Å². The van der Waals surface area contributed by atoms with Gasteiger partial charge >= 0.3 is 0 Å². The quantitative estimate of drug-likeness (QED) is 0.783. The zero-order chi connectivity index (χ0) is 11.5. The first-order chi connectivity index (χ1) is 7.65. The van der Waals surface area contributed by atoms with E-state index >= 15 is 0 Å². The van der Waals surface area contributed by atoms with Gasteiger partial charge in [-0.1, -0.05) is 22.0 Å². The molecule has 2 rings (SSSR count). The van der Waals surface area contributed by atoms with Gasteiger partial charge in [0.2, 0.25) is 5.91 Å². The van der Waals surface area contributed by atoms with Crippen LogP contribution in [0.3, 0.4) is 0 Å². The third kappa shape index (κ3) is 3.08. The maximum absolute atomic E-state index is 11.9. The molecule has 1 saturated carbocycles. The fourth-order valence-electron chi connectivity index (χ4n) is 1.99. The number of carbonyl (C=O) groups is 1. The highest BCUT2D eigenvalue weighted by atomic mass is 79.9. The van der Waals surface area contributed by atoms with E-state index in [9.17, 15) is 4.79 Å². The molecule has 88 valence electrons. The molecule has 1 aromatic heterocycles.